The van der Waals surface area contributed by atoms with E-state index in [9.17, 15) is 4.39 Å². The van der Waals surface area contributed by atoms with Crippen molar-refractivity contribution in [2.75, 3.05) is 24.7 Å². The van der Waals surface area contributed by atoms with E-state index in [4.69, 9.17) is 4.74 Å². The number of aryl methyl sites for hydroxylation is 1. The number of rotatable bonds is 2. The van der Waals surface area contributed by atoms with Crippen LogP contribution in [-0.4, -0.2) is 50.2 Å². The molecule has 1 aliphatic heterocycles. The van der Waals surface area contributed by atoms with Gasteiger partial charge in [-0.2, -0.15) is 9.49 Å². The summed E-state index contributed by atoms with van der Waals surface area (Å²) < 4.78 is 22.8. The smallest absolute Gasteiger partial charge is 0.241 e. The molecule has 8 heteroatoms. The van der Waals surface area contributed by atoms with Gasteiger partial charge in [0.05, 0.1) is 24.9 Å². The van der Waals surface area contributed by atoms with Crippen molar-refractivity contribution in [1.82, 2.24) is 24.4 Å². The predicted octanol–water partition coefficient (Wildman–Crippen LogP) is 1.49. The number of fused-ring (bicyclic) bond motifs is 1. The van der Waals surface area contributed by atoms with Gasteiger partial charge in [-0.1, -0.05) is 0 Å². The molecule has 0 N–H and O–H groups in total. The van der Waals surface area contributed by atoms with Crippen LogP contribution in [0.25, 0.3) is 16.8 Å². The molecule has 3 aromatic rings. The molecule has 0 saturated carbocycles. The standard InChI is InChI=1S/C15H17FN6O/c1-10-8-23-6-5-21(10)13-7-11(12-3-4-18-20(12)2)14-15(16)17-9-22(14)19-13/h3-4,7,9-10H,5-6,8H2,1-2H3. The molecule has 4 heterocycles. The minimum atomic E-state index is -0.532. The van der Waals surface area contributed by atoms with Crippen LogP contribution in [0.4, 0.5) is 10.2 Å². The normalized spacial score (nSPS) is 18.7. The van der Waals surface area contributed by atoms with Crippen molar-refractivity contribution >= 4 is 11.3 Å². The third-order valence-corrected chi connectivity index (χ3v) is 4.20. The maximum atomic E-state index is 14.1. The number of anilines is 1. The summed E-state index contributed by atoms with van der Waals surface area (Å²) >= 11 is 0. The van der Waals surface area contributed by atoms with Gasteiger partial charge in [0.25, 0.3) is 0 Å². The van der Waals surface area contributed by atoms with Crippen LogP contribution in [0, 0.1) is 5.95 Å². The molecule has 4 rings (SSSR count). The van der Waals surface area contributed by atoms with E-state index in [1.165, 1.54) is 10.8 Å². The average Bonchev–Trinajstić information content (AvgIpc) is 3.13. The minimum Gasteiger partial charge on any atom is -0.377 e. The number of hydrogen-bond donors (Lipinski definition) is 0. The van der Waals surface area contributed by atoms with Gasteiger partial charge in [0.15, 0.2) is 5.82 Å². The molecule has 3 aromatic heterocycles. The highest BCUT2D eigenvalue weighted by Crippen LogP contribution is 2.29. The molecular weight excluding hydrogens is 299 g/mol. The van der Waals surface area contributed by atoms with E-state index >= 15 is 0 Å². The summed E-state index contributed by atoms with van der Waals surface area (Å²) in [4.78, 5) is 5.93. The fourth-order valence-corrected chi connectivity index (χ4v) is 3.01. The van der Waals surface area contributed by atoms with Crippen LogP contribution in [0.5, 0.6) is 0 Å². The largest absolute Gasteiger partial charge is 0.377 e. The van der Waals surface area contributed by atoms with E-state index in [1.807, 2.05) is 19.2 Å². The van der Waals surface area contributed by atoms with Gasteiger partial charge in [-0.25, -0.2) is 9.50 Å². The molecule has 1 unspecified atom stereocenters. The minimum absolute atomic E-state index is 0.210. The zero-order valence-electron chi connectivity index (χ0n) is 13.0. The van der Waals surface area contributed by atoms with Crippen molar-refractivity contribution < 1.29 is 9.13 Å². The second kappa shape index (κ2) is 5.31. The lowest BCUT2D eigenvalue weighted by Gasteiger charge is -2.34. The Balaban J connectivity index is 1.93. The Kier molecular flexibility index (Phi) is 3.26. The van der Waals surface area contributed by atoms with Crippen LogP contribution in [0.1, 0.15) is 6.92 Å². The monoisotopic (exact) mass is 316 g/mol. The highest BCUT2D eigenvalue weighted by molar-refractivity contribution is 5.80. The Morgan fingerprint density at radius 2 is 2.26 bits per heavy atom. The Labute approximate surface area is 132 Å². The number of aromatic nitrogens is 5. The average molecular weight is 316 g/mol. The maximum Gasteiger partial charge on any atom is 0.241 e. The zero-order chi connectivity index (χ0) is 16.0. The highest BCUT2D eigenvalue weighted by Gasteiger charge is 2.23. The lowest BCUT2D eigenvalue weighted by molar-refractivity contribution is 0.0984. The second-order valence-corrected chi connectivity index (χ2v) is 5.70. The predicted molar refractivity (Wildman–Crippen MR) is 82.8 cm³/mol. The Morgan fingerprint density at radius 1 is 1.39 bits per heavy atom. The van der Waals surface area contributed by atoms with Crippen molar-refractivity contribution in [2.45, 2.75) is 13.0 Å². The Hall–Kier alpha value is -2.48. The van der Waals surface area contributed by atoms with Crippen molar-refractivity contribution in [3.05, 3.63) is 30.6 Å². The Morgan fingerprint density at radius 3 is 3.00 bits per heavy atom. The number of ether oxygens (including phenoxy) is 1. The zero-order valence-corrected chi connectivity index (χ0v) is 13.0. The highest BCUT2D eigenvalue weighted by atomic mass is 19.1. The van der Waals surface area contributed by atoms with E-state index in [1.54, 1.807) is 10.9 Å². The quantitative estimate of drug-likeness (QED) is 0.717. The van der Waals surface area contributed by atoms with Gasteiger partial charge in [0, 0.05) is 25.4 Å². The number of nitrogens with zero attached hydrogens (tertiary/aromatic N) is 6. The molecule has 1 saturated heterocycles. The maximum absolute atomic E-state index is 14.1. The first-order valence-corrected chi connectivity index (χ1v) is 7.52. The molecule has 0 amide bonds. The lowest BCUT2D eigenvalue weighted by atomic mass is 10.1. The van der Waals surface area contributed by atoms with Crippen LogP contribution in [0.2, 0.25) is 0 Å². The summed E-state index contributed by atoms with van der Waals surface area (Å²) in [6.45, 7) is 4.15. The SMILES string of the molecule is CC1COCCN1c1cc(-c2ccnn2C)c2c(F)ncn2n1. The summed E-state index contributed by atoms with van der Waals surface area (Å²) in [6, 6.07) is 3.97. The molecule has 120 valence electrons. The first-order valence-electron chi connectivity index (χ1n) is 7.52. The second-order valence-electron chi connectivity index (χ2n) is 5.70. The van der Waals surface area contributed by atoms with E-state index in [0.29, 0.717) is 18.7 Å². The van der Waals surface area contributed by atoms with Gasteiger partial charge >= 0.3 is 0 Å². The van der Waals surface area contributed by atoms with Gasteiger partial charge < -0.3 is 9.64 Å². The number of morpholine rings is 1. The molecule has 0 spiro atoms. The third kappa shape index (κ3) is 2.26. The number of imidazole rings is 1. The van der Waals surface area contributed by atoms with Crippen molar-refractivity contribution in [3.63, 3.8) is 0 Å². The van der Waals surface area contributed by atoms with Crippen LogP contribution in [-0.2, 0) is 11.8 Å². The summed E-state index contributed by atoms with van der Waals surface area (Å²) in [6.07, 6.45) is 3.09. The lowest BCUT2D eigenvalue weighted by Crippen LogP contribution is -2.44. The molecule has 1 atom stereocenters. The molecule has 0 aliphatic carbocycles. The van der Waals surface area contributed by atoms with Crippen LogP contribution < -0.4 is 4.90 Å². The molecule has 1 aliphatic rings. The van der Waals surface area contributed by atoms with Crippen LogP contribution in [0.15, 0.2) is 24.7 Å². The summed E-state index contributed by atoms with van der Waals surface area (Å²) in [7, 11) is 1.83. The fourth-order valence-electron chi connectivity index (χ4n) is 3.01. The van der Waals surface area contributed by atoms with Gasteiger partial charge in [0.1, 0.15) is 11.8 Å². The molecule has 7 nitrogen and oxygen atoms in total. The fraction of sp³-hybridized carbons (Fsp3) is 0.400. The van der Waals surface area contributed by atoms with Crippen molar-refractivity contribution in [1.29, 1.82) is 0 Å². The van der Waals surface area contributed by atoms with Gasteiger partial charge in [-0.3, -0.25) is 4.68 Å². The van der Waals surface area contributed by atoms with E-state index < -0.39 is 5.95 Å². The van der Waals surface area contributed by atoms with Gasteiger partial charge in [-0.15, -0.1) is 5.10 Å². The molecule has 0 aromatic carbocycles. The molecule has 1 fully saturated rings. The summed E-state index contributed by atoms with van der Waals surface area (Å²) in [5, 5.41) is 8.71. The molecular formula is C15H17FN6O. The van der Waals surface area contributed by atoms with E-state index in [2.05, 4.69) is 27.0 Å². The van der Waals surface area contributed by atoms with E-state index in [-0.39, 0.29) is 6.04 Å². The summed E-state index contributed by atoms with van der Waals surface area (Å²) in [5.74, 6) is 0.247. The first kappa shape index (κ1) is 14.1. The molecule has 0 radical (unpaired) electrons. The summed E-state index contributed by atoms with van der Waals surface area (Å²) in [5.41, 5.74) is 1.90. The molecule has 23 heavy (non-hydrogen) atoms. The van der Waals surface area contributed by atoms with Crippen molar-refractivity contribution in [2.24, 2.45) is 7.05 Å². The number of hydrogen-bond acceptors (Lipinski definition) is 5. The Bertz CT molecular complexity index is 857. The topological polar surface area (TPSA) is 60.5 Å². The van der Waals surface area contributed by atoms with Gasteiger partial charge in [-0.05, 0) is 19.1 Å². The van der Waals surface area contributed by atoms with Gasteiger partial charge in [0.2, 0.25) is 5.95 Å². The van der Waals surface area contributed by atoms with Crippen LogP contribution >= 0.6 is 0 Å². The van der Waals surface area contributed by atoms with Crippen molar-refractivity contribution in [3.8, 4) is 11.3 Å². The first-order chi connectivity index (χ1) is 11.1. The van der Waals surface area contributed by atoms with E-state index in [0.717, 1.165) is 23.6 Å². The molecule has 0 bridgehead atoms. The van der Waals surface area contributed by atoms with Crippen LogP contribution in [0.3, 0.4) is 0 Å². The number of halogens is 1. The third-order valence-electron chi connectivity index (χ3n) is 4.20.